The molecule has 3 nitrogen and oxygen atoms in total. The van der Waals surface area contributed by atoms with E-state index in [1.165, 1.54) is 4.90 Å². The first-order valence-electron chi connectivity index (χ1n) is 5.81. The summed E-state index contributed by atoms with van der Waals surface area (Å²) < 4.78 is 0. The number of nitrogens with zero attached hydrogens (tertiary/aromatic N) is 2. The molecule has 0 aliphatic carbocycles. The molecule has 2 rings (SSSR count). The number of benzene rings is 1. The van der Waals surface area contributed by atoms with Crippen LogP contribution in [0.2, 0.25) is 0 Å². The lowest BCUT2D eigenvalue weighted by Gasteiger charge is -1.99. The summed E-state index contributed by atoms with van der Waals surface area (Å²) in [6.45, 7) is 2.15. The second-order valence-corrected chi connectivity index (χ2v) is 4.92. The van der Waals surface area contributed by atoms with Crippen molar-refractivity contribution in [1.29, 1.82) is 0 Å². The van der Waals surface area contributed by atoms with E-state index in [-0.39, 0.29) is 0 Å². The highest BCUT2D eigenvalue weighted by atomic mass is 32.2. The second-order valence-electron chi connectivity index (χ2n) is 3.59. The lowest BCUT2D eigenvalue weighted by Crippen LogP contribution is -1.92. The Balaban J connectivity index is 1.93. The van der Waals surface area contributed by atoms with Gasteiger partial charge in [-0.2, -0.15) is 5.10 Å². The molecule has 92 valence electrons. The summed E-state index contributed by atoms with van der Waals surface area (Å²) in [5.74, 6) is 1.83. The van der Waals surface area contributed by atoms with Gasteiger partial charge < -0.3 is 0 Å². The highest BCUT2D eigenvalue weighted by Crippen LogP contribution is 2.17. The van der Waals surface area contributed by atoms with Gasteiger partial charge in [0, 0.05) is 11.1 Å². The van der Waals surface area contributed by atoms with Crippen LogP contribution in [0, 0.1) is 0 Å². The normalized spacial score (nSPS) is 10.7. The van der Waals surface area contributed by atoms with Gasteiger partial charge >= 0.3 is 0 Å². The maximum Gasteiger partial charge on any atom is 0.146 e. The first-order valence-corrected chi connectivity index (χ1v) is 6.80. The van der Waals surface area contributed by atoms with Gasteiger partial charge in [-0.3, -0.25) is 5.43 Å². The molecule has 4 heteroatoms. The fourth-order valence-corrected chi connectivity index (χ4v) is 2.08. The molecular weight excluding hydrogens is 242 g/mol. The number of hydrazone groups is 1. The van der Waals surface area contributed by atoms with Crippen molar-refractivity contribution in [3.63, 3.8) is 0 Å². The summed E-state index contributed by atoms with van der Waals surface area (Å²) in [4.78, 5) is 5.40. The van der Waals surface area contributed by atoms with E-state index in [4.69, 9.17) is 0 Å². The molecule has 1 aromatic heterocycles. The Morgan fingerprint density at radius 2 is 2.06 bits per heavy atom. The number of rotatable bonds is 5. The third-order valence-corrected chi connectivity index (χ3v) is 3.14. The molecule has 0 bridgehead atoms. The molecule has 0 unspecified atom stereocenters. The maximum atomic E-state index is 4.14. The van der Waals surface area contributed by atoms with Crippen LogP contribution in [0.5, 0.6) is 0 Å². The molecule has 2 aromatic rings. The van der Waals surface area contributed by atoms with E-state index in [1.54, 1.807) is 12.4 Å². The quantitative estimate of drug-likeness (QED) is 0.505. The van der Waals surface area contributed by atoms with Crippen LogP contribution in [0.1, 0.15) is 12.5 Å². The molecule has 0 atom stereocenters. The van der Waals surface area contributed by atoms with Crippen LogP contribution in [0.15, 0.2) is 58.7 Å². The average molecular weight is 257 g/mol. The molecule has 0 aliphatic rings. The fraction of sp³-hybridized carbons (Fsp3) is 0.143. The zero-order valence-corrected chi connectivity index (χ0v) is 11.0. The van der Waals surface area contributed by atoms with Gasteiger partial charge in [-0.15, -0.1) is 11.8 Å². The SMILES string of the molecule is CCSc1ccc(C=NNc2ccccn2)cc1. The molecule has 0 spiro atoms. The Kier molecular flexibility index (Phi) is 4.78. The predicted octanol–water partition coefficient (Wildman–Crippen LogP) is 3.64. The zero-order valence-electron chi connectivity index (χ0n) is 10.2. The van der Waals surface area contributed by atoms with Crippen molar-refractivity contribution < 1.29 is 0 Å². The van der Waals surface area contributed by atoms with E-state index in [0.29, 0.717) is 0 Å². The number of hydrogen-bond acceptors (Lipinski definition) is 4. The van der Waals surface area contributed by atoms with Crippen molar-refractivity contribution >= 4 is 23.8 Å². The highest BCUT2D eigenvalue weighted by Gasteiger charge is 1.92. The van der Waals surface area contributed by atoms with Crippen LogP contribution < -0.4 is 5.43 Å². The summed E-state index contributed by atoms with van der Waals surface area (Å²) in [7, 11) is 0. The number of hydrogen-bond donors (Lipinski definition) is 1. The van der Waals surface area contributed by atoms with E-state index in [9.17, 15) is 0 Å². The second kappa shape index (κ2) is 6.81. The highest BCUT2D eigenvalue weighted by molar-refractivity contribution is 7.99. The molecule has 0 saturated heterocycles. The zero-order chi connectivity index (χ0) is 12.6. The molecule has 1 aromatic carbocycles. The molecule has 0 amide bonds. The number of pyridine rings is 1. The summed E-state index contributed by atoms with van der Waals surface area (Å²) >= 11 is 1.83. The van der Waals surface area contributed by atoms with Gasteiger partial charge in [-0.25, -0.2) is 4.98 Å². The number of anilines is 1. The third kappa shape index (κ3) is 3.89. The largest absolute Gasteiger partial charge is 0.261 e. The van der Waals surface area contributed by atoms with Crippen molar-refractivity contribution in [2.75, 3.05) is 11.2 Å². The Bertz CT molecular complexity index is 494. The van der Waals surface area contributed by atoms with Gasteiger partial charge in [-0.05, 0) is 35.6 Å². The Labute approximate surface area is 111 Å². The van der Waals surface area contributed by atoms with Gasteiger partial charge in [0.1, 0.15) is 5.82 Å². The minimum Gasteiger partial charge on any atom is -0.261 e. The number of aromatic nitrogens is 1. The van der Waals surface area contributed by atoms with Gasteiger partial charge in [0.15, 0.2) is 0 Å². The van der Waals surface area contributed by atoms with Gasteiger partial charge in [0.25, 0.3) is 0 Å². The molecule has 1 heterocycles. The minimum atomic E-state index is 0.743. The number of thioether (sulfide) groups is 1. The van der Waals surface area contributed by atoms with Crippen LogP contribution in [-0.2, 0) is 0 Å². The van der Waals surface area contributed by atoms with Crippen LogP contribution in [0.4, 0.5) is 5.82 Å². The van der Waals surface area contributed by atoms with E-state index in [2.05, 4.69) is 46.7 Å². The summed E-state index contributed by atoms with van der Waals surface area (Å²) in [5, 5.41) is 4.14. The van der Waals surface area contributed by atoms with Crippen LogP contribution in [-0.4, -0.2) is 17.0 Å². The summed E-state index contributed by atoms with van der Waals surface area (Å²) in [6, 6.07) is 14.0. The van der Waals surface area contributed by atoms with Crippen molar-refractivity contribution in [1.82, 2.24) is 4.98 Å². The number of nitrogens with one attached hydrogen (secondary N) is 1. The Morgan fingerprint density at radius 3 is 2.72 bits per heavy atom. The molecule has 0 aliphatic heterocycles. The van der Waals surface area contributed by atoms with Crippen molar-refractivity contribution in [2.24, 2.45) is 5.10 Å². The minimum absolute atomic E-state index is 0.743. The van der Waals surface area contributed by atoms with Crippen molar-refractivity contribution in [2.45, 2.75) is 11.8 Å². The topological polar surface area (TPSA) is 37.3 Å². The van der Waals surface area contributed by atoms with Crippen molar-refractivity contribution in [3.05, 3.63) is 54.2 Å². The predicted molar refractivity (Wildman–Crippen MR) is 78.3 cm³/mol. The molecular formula is C14H15N3S. The summed E-state index contributed by atoms with van der Waals surface area (Å²) in [6.07, 6.45) is 3.52. The molecule has 0 radical (unpaired) electrons. The van der Waals surface area contributed by atoms with E-state index in [1.807, 2.05) is 30.0 Å². The molecule has 0 fully saturated rings. The average Bonchev–Trinajstić information content (AvgIpc) is 2.42. The smallest absolute Gasteiger partial charge is 0.146 e. The first kappa shape index (κ1) is 12.6. The Morgan fingerprint density at radius 1 is 1.22 bits per heavy atom. The van der Waals surface area contributed by atoms with E-state index in [0.717, 1.165) is 17.1 Å². The lowest BCUT2D eigenvalue weighted by atomic mass is 10.2. The first-order chi connectivity index (χ1) is 8.88. The fourth-order valence-electron chi connectivity index (χ4n) is 1.42. The lowest BCUT2D eigenvalue weighted by molar-refractivity contribution is 1.23. The third-order valence-electron chi connectivity index (χ3n) is 2.25. The Hall–Kier alpha value is -1.81. The molecule has 0 saturated carbocycles. The standard InChI is InChI=1S/C14H15N3S/c1-2-18-13-8-6-12(7-9-13)11-16-17-14-5-3-4-10-15-14/h3-11H,2H2,1H3,(H,15,17). The van der Waals surface area contributed by atoms with E-state index >= 15 is 0 Å². The monoisotopic (exact) mass is 257 g/mol. The van der Waals surface area contributed by atoms with Crippen LogP contribution in [0.3, 0.4) is 0 Å². The summed E-state index contributed by atoms with van der Waals surface area (Å²) in [5.41, 5.74) is 3.95. The maximum absolute atomic E-state index is 4.14. The van der Waals surface area contributed by atoms with Crippen LogP contribution in [0.25, 0.3) is 0 Å². The van der Waals surface area contributed by atoms with Gasteiger partial charge in [0.2, 0.25) is 0 Å². The van der Waals surface area contributed by atoms with Gasteiger partial charge in [-0.1, -0.05) is 25.1 Å². The molecule has 18 heavy (non-hydrogen) atoms. The van der Waals surface area contributed by atoms with E-state index < -0.39 is 0 Å². The van der Waals surface area contributed by atoms with Crippen molar-refractivity contribution in [3.8, 4) is 0 Å². The van der Waals surface area contributed by atoms with Gasteiger partial charge in [0.05, 0.1) is 6.21 Å². The molecule has 1 N–H and O–H groups in total. The van der Waals surface area contributed by atoms with Crippen LogP contribution >= 0.6 is 11.8 Å².